The Morgan fingerprint density at radius 2 is 1.95 bits per heavy atom. The highest BCUT2D eigenvalue weighted by Crippen LogP contribution is 2.16. The summed E-state index contributed by atoms with van der Waals surface area (Å²) >= 11 is 0. The van der Waals surface area contributed by atoms with Crippen LogP contribution in [0.15, 0.2) is 48.9 Å². The van der Waals surface area contributed by atoms with Crippen molar-refractivity contribution >= 4 is 23.1 Å². The highest BCUT2D eigenvalue weighted by Gasteiger charge is 2.04. The minimum absolute atomic E-state index is 0.350. The molecule has 112 valence electrons. The van der Waals surface area contributed by atoms with Crippen LogP contribution in [-0.2, 0) is 0 Å². The molecule has 2 heterocycles. The van der Waals surface area contributed by atoms with Crippen LogP contribution in [0, 0.1) is 0 Å². The van der Waals surface area contributed by atoms with E-state index in [1.807, 2.05) is 6.92 Å². The standard InChI is InChI=1S/C15H15N5O2/c1-2-22-13-5-3-11(4-6-13)18-15(21)19-12-9-16-14-7-8-17-20(14)10-12/h3-10H,2H2,1H3,(H2,18,19,21). The molecule has 0 unspecified atom stereocenters. The van der Waals surface area contributed by atoms with Crippen LogP contribution in [0.4, 0.5) is 16.2 Å². The van der Waals surface area contributed by atoms with Crippen molar-refractivity contribution < 1.29 is 9.53 Å². The van der Waals surface area contributed by atoms with Gasteiger partial charge in [-0.2, -0.15) is 5.10 Å². The lowest BCUT2D eigenvalue weighted by molar-refractivity contribution is 0.262. The van der Waals surface area contributed by atoms with E-state index < -0.39 is 0 Å². The summed E-state index contributed by atoms with van der Waals surface area (Å²) in [5.41, 5.74) is 1.95. The topological polar surface area (TPSA) is 80.5 Å². The van der Waals surface area contributed by atoms with Crippen molar-refractivity contribution in [1.82, 2.24) is 14.6 Å². The van der Waals surface area contributed by atoms with Crippen LogP contribution >= 0.6 is 0 Å². The molecule has 0 aliphatic carbocycles. The zero-order valence-electron chi connectivity index (χ0n) is 12.0. The van der Waals surface area contributed by atoms with Crippen molar-refractivity contribution in [1.29, 1.82) is 0 Å². The largest absolute Gasteiger partial charge is 0.494 e. The third-order valence-electron chi connectivity index (χ3n) is 2.93. The van der Waals surface area contributed by atoms with Crippen LogP contribution in [0.5, 0.6) is 5.75 Å². The van der Waals surface area contributed by atoms with Crippen LogP contribution < -0.4 is 15.4 Å². The van der Waals surface area contributed by atoms with Crippen molar-refractivity contribution in [3.63, 3.8) is 0 Å². The molecule has 0 radical (unpaired) electrons. The minimum atomic E-state index is -0.350. The Kier molecular flexibility index (Phi) is 3.86. The Morgan fingerprint density at radius 1 is 1.18 bits per heavy atom. The van der Waals surface area contributed by atoms with Gasteiger partial charge >= 0.3 is 6.03 Å². The van der Waals surface area contributed by atoms with Gasteiger partial charge in [0.1, 0.15) is 5.75 Å². The van der Waals surface area contributed by atoms with E-state index in [9.17, 15) is 4.79 Å². The zero-order chi connectivity index (χ0) is 15.4. The van der Waals surface area contributed by atoms with Gasteiger partial charge in [0.2, 0.25) is 0 Å². The fourth-order valence-corrected chi connectivity index (χ4v) is 1.97. The predicted octanol–water partition coefficient (Wildman–Crippen LogP) is 2.77. The maximum Gasteiger partial charge on any atom is 0.323 e. The number of anilines is 2. The molecule has 0 fully saturated rings. The number of aromatic nitrogens is 3. The number of nitrogens with one attached hydrogen (secondary N) is 2. The van der Waals surface area contributed by atoms with Crippen LogP contribution in [0.25, 0.3) is 5.65 Å². The van der Waals surface area contributed by atoms with E-state index in [0.717, 1.165) is 11.4 Å². The fourth-order valence-electron chi connectivity index (χ4n) is 1.97. The lowest BCUT2D eigenvalue weighted by Crippen LogP contribution is -2.19. The summed E-state index contributed by atoms with van der Waals surface area (Å²) in [4.78, 5) is 16.1. The second-order valence-electron chi connectivity index (χ2n) is 4.51. The maximum atomic E-state index is 12.0. The summed E-state index contributed by atoms with van der Waals surface area (Å²) in [5.74, 6) is 0.766. The molecular formula is C15H15N5O2. The van der Waals surface area contributed by atoms with E-state index in [4.69, 9.17) is 4.74 Å². The molecule has 7 nitrogen and oxygen atoms in total. The molecular weight excluding hydrogens is 282 g/mol. The van der Waals surface area contributed by atoms with Crippen LogP contribution in [0.3, 0.4) is 0 Å². The number of nitrogens with zero attached hydrogens (tertiary/aromatic N) is 3. The SMILES string of the molecule is CCOc1ccc(NC(=O)Nc2cnc3ccnn3c2)cc1. The van der Waals surface area contributed by atoms with E-state index in [0.29, 0.717) is 18.0 Å². The van der Waals surface area contributed by atoms with Gasteiger partial charge in [0, 0.05) is 11.8 Å². The second kappa shape index (κ2) is 6.13. The van der Waals surface area contributed by atoms with Crippen molar-refractivity contribution in [2.24, 2.45) is 0 Å². The van der Waals surface area contributed by atoms with Gasteiger partial charge in [0.05, 0.1) is 30.9 Å². The minimum Gasteiger partial charge on any atom is -0.494 e. The molecule has 7 heteroatoms. The van der Waals surface area contributed by atoms with E-state index in [1.54, 1.807) is 53.4 Å². The van der Waals surface area contributed by atoms with Crippen molar-refractivity contribution in [2.45, 2.75) is 6.92 Å². The number of ether oxygens (including phenoxy) is 1. The van der Waals surface area contributed by atoms with E-state index >= 15 is 0 Å². The van der Waals surface area contributed by atoms with Crippen molar-refractivity contribution in [2.75, 3.05) is 17.2 Å². The number of fused-ring (bicyclic) bond motifs is 1. The van der Waals surface area contributed by atoms with Crippen molar-refractivity contribution in [3.8, 4) is 5.75 Å². The fraction of sp³-hybridized carbons (Fsp3) is 0.133. The highest BCUT2D eigenvalue weighted by molar-refractivity contribution is 5.99. The summed E-state index contributed by atoms with van der Waals surface area (Å²) < 4.78 is 6.94. The Bertz CT molecular complexity index is 782. The first-order valence-corrected chi connectivity index (χ1v) is 6.85. The van der Waals surface area contributed by atoms with Gasteiger partial charge in [-0.25, -0.2) is 14.3 Å². The molecule has 0 atom stereocenters. The summed E-state index contributed by atoms with van der Waals surface area (Å²) in [7, 11) is 0. The van der Waals surface area contributed by atoms with Gasteiger partial charge in [-0.1, -0.05) is 0 Å². The number of rotatable bonds is 4. The number of hydrogen-bond donors (Lipinski definition) is 2. The molecule has 3 rings (SSSR count). The molecule has 0 aliphatic rings. The Labute approximate surface area is 126 Å². The number of urea groups is 1. The molecule has 2 aromatic heterocycles. The lowest BCUT2D eigenvalue weighted by atomic mass is 10.3. The monoisotopic (exact) mass is 297 g/mol. The van der Waals surface area contributed by atoms with Gasteiger partial charge in [-0.3, -0.25) is 0 Å². The smallest absolute Gasteiger partial charge is 0.323 e. The zero-order valence-corrected chi connectivity index (χ0v) is 12.0. The molecule has 0 spiro atoms. The third-order valence-corrected chi connectivity index (χ3v) is 2.93. The summed E-state index contributed by atoms with van der Waals surface area (Å²) in [5, 5.41) is 9.51. The summed E-state index contributed by atoms with van der Waals surface area (Å²) in [6, 6.07) is 8.59. The number of carbonyl (C=O) groups excluding carboxylic acids is 1. The average molecular weight is 297 g/mol. The van der Waals surface area contributed by atoms with Gasteiger partial charge < -0.3 is 15.4 Å². The third kappa shape index (κ3) is 3.14. The lowest BCUT2D eigenvalue weighted by Gasteiger charge is -2.08. The normalized spacial score (nSPS) is 10.4. The van der Waals surface area contributed by atoms with Gasteiger partial charge in [-0.15, -0.1) is 0 Å². The number of hydrogen-bond acceptors (Lipinski definition) is 4. The van der Waals surface area contributed by atoms with E-state index in [2.05, 4.69) is 20.7 Å². The second-order valence-corrected chi connectivity index (χ2v) is 4.51. The van der Waals surface area contributed by atoms with Gasteiger partial charge in [-0.05, 0) is 31.2 Å². The number of carbonyl (C=O) groups is 1. The van der Waals surface area contributed by atoms with Crippen LogP contribution in [0.2, 0.25) is 0 Å². The first-order valence-electron chi connectivity index (χ1n) is 6.85. The first kappa shape index (κ1) is 13.9. The van der Waals surface area contributed by atoms with E-state index in [-0.39, 0.29) is 6.03 Å². The highest BCUT2D eigenvalue weighted by atomic mass is 16.5. The molecule has 2 N–H and O–H groups in total. The average Bonchev–Trinajstić information content (AvgIpc) is 2.97. The summed E-state index contributed by atoms with van der Waals surface area (Å²) in [6.07, 6.45) is 4.92. The van der Waals surface area contributed by atoms with Crippen molar-refractivity contribution in [3.05, 3.63) is 48.9 Å². The Hall–Kier alpha value is -3.09. The Balaban J connectivity index is 1.63. The van der Waals surface area contributed by atoms with Crippen LogP contribution in [-0.4, -0.2) is 27.2 Å². The predicted molar refractivity (Wildman–Crippen MR) is 83.2 cm³/mol. The Morgan fingerprint density at radius 3 is 2.73 bits per heavy atom. The maximum absolute atomic E-state index is 12.0. The molecule has 2 amide bonds. The molecule has 0 aliphatic heterocycles. The summed E-state index contributed by atoms with van der Waals surface area (Å²) in [6.45, 7) is 2.53. The van der Waals surface area contributed by atoms with E-state index in [1.165, 1.54) is 0 Å². The first-order chi connectivity index (χ1) is 10.7. The number of amides is 2. The molecule has 22 heavy (non-hydrogen) atoms. The number of benzene rings is 1. The molecule has 1 aromatic carbocycles. The molecule has 3 aromatic rings. The van der Waals surface area contributed by atoms with Gasteiger partial charge in [0.25, 0.3) is 0 Å². The molecule has 0 bridgehead atoms. The van der Waals surface area contributed by atoms with Crippen LogP contribution in [0.1, 0.15) is 6.92 Å². The molecule has 0 saturated carbocycles. The van der Waals surface area contributed by atoms with Gasteiger partial charge in [0.15, 0.2) is 5.65 Å². The quantitative estimate of drug-likeness (QED) is 0.776. The molecule has 0 saturated heterocycles.